The first-order valence-electron chi connectivity index (χ1n) is 6.18. The minimum atomic E-state index is -0.621. The van der Waals surface area contributed by atoms with Gasteiger partial charge >= 0.3 is 0 Å². The van der Waals surface area contributed by atoms with Crippen molar-refractivity contribution in [2.24, 2.45) is 5.84 Å². The van der Waals surface area contributed by atoms with E-state index in [0.717, 1.165) is 0 Å². The lowest BCUT2D eigenvalue weighted by atomic mass is 9.97. The SMILES string of the molecule is Cc1cc(C(Cc2c(F)cccc2F)NN)ccc1F. The molecule has 0 saturated carbocycles. The second kappa shape index (κ2) is 6.07. The van der Waals surface area contributed by atoms with Crippen LogP contribution in [0.4, 0.5) is 13.2 Å². The van der Waals surface area contributed by atoms with Gasteiger partial charge in [0.1, 0.15) is 17.5 Å². The van der Waals surface area contributed by atoms with Gasteiger partial charge in [-0.2, -0.15) is 0 Å². The highest BCUT2D eigenvalue weighted by Crippen LogP contribution is 2.23. The van der Waals surface area contributed by atoms with Gasteiger partial charge in [0.15, 0.2) is 0 Å². The third-order valence-corrected chi connectivity index (χ3v) is 3.26. The molecule has 2 nitrogen and oxygen atoms in total. The lowest BCUT2D eigenvalue weighted by Gasteiger charge is -2.18. The van der Waals surface area contributed by atoms with Crippen LogP contribution < -0.4 is 11.3 Å². The number of halogens is 3. The molecule has 0 saturated heterocycles. The molecule has 0 spiro atoms. The van der Waals surface area contributed by atoms with E-state index in [1.165, 1.54) is 24.3 Å². The molecular formula is C15H15F3N2. The summed E-state index contributed by atoms with van der Waals surface area (Å²) < 4.78 is 40.5. The fourth-order valence-corrected chi connectivity index (χ4v) is 2.09. The maximum Gasteiger partial charge on any atom is 0.129 e. The van der Waals surface area contributed by atoms with E-state index in [1.54, 1.807) is 19.1 Å². The van der Waals surface area contributed by atoms with Crippen LogP contribution in [0.2, 0.25) is 0 Å². The van der Waals surface area contributed by atoms with Crippen LogP contribution in [0.5, 0.6) is 0 Å². The molecule has 3 N–H and O–H groups in total. The molecule has 1 unspecified atom stereocenters. The number of rotatable bonds is 4. The van der Waals surface area contributed by atoms with Gasteiger partial charge in [-0.15, -0.1) is 0 Å². The second-order valence-electron chi connectivity index (χ2n) is 4.63. The fourth-order valence-electron chi connectivity index (χ4n) is 2.09. The Morgan fingerprint density at radius 2 is 1.70 bits per heavy atom. The van der Waals surface area contributed by atoms with Gasteiger partial charge in [0.25, 0.3) is 0 Å². The smallest absolute Gasteiger partial charge is 0.129 e. The Morgan fingerprint density at radius 3 is 2.25 bits per heavy atom. The Morgan fingerprint density at radius 1 is 1.05 bits per heavy atom. The van der Waals surface area contributed by atoms with Crippen molar-refractivity contribution in [3.8, 4) is 0 Å². The summed E-state index contributed by atoms with van der Waals surface area (Å²) in [5, 5.41) is 0. The molecule has 1 atom stereocenters. The highest BCUT2D eigenvalue weighted by molar-refractivity contribution is 5.29. The van der Waals surface area contributed by atoms with Crippen molar-refractivity contribution in [2.75, 3.05) is 0 Å². The van der Waals surface area contributed by atoms with Gasteiger partial charge < -0.3 is 0 Å². The predicted molar refractivity (Wildman–Crippen MR) is 71.3 cm³/mol. The predicted octanol–water partition coefficient (Wildman–Crippen LogP) is 3.16. The minimum Gasteiger partial charge on any atom is -0.271 e. The summed E-state index contributed by atoms with van der Waals surface area (Å²) in [5.74, 6) is 3.88. The molecule has 0 bridgehead atoms. The Balaban J connectivity index is 2.31. The Kier molecular flexibility index (Phi) is 4.42. The van der Waals surface area contributed by atoms with E-state index in [9.17, 15) is 13.2 Å². The molecule has 2 aromatic carbocycles. The standard InChI is InChI=1S/C15H15F3N2/c1-9-7-10(5-6-12(9)16)15(20-19)8-11-13(17)3-2-4-14(11)18/h2-7,15,20H,8,19H2,1H3. The van der Waals surface area contributed by atoms with Crippen LogP contribution >= 0.6 is 0 Å². The third-order valence-electron chi connectivity index (χ3n) is 3.26. The molecule has 0 fully saturated rings. The normalized spacial score (nSPS) is 12.4. The van der Waals surface area contributed by atoms with Gasteiger partial charge in [-0.1, -0.05) is 18.2 Å². The van der Waals surface area contributed by atoms with E-state index >= 15 is 0 Å². The van der Waals surface area contributed by atoms with Crippen LogP contribution in [-0.2, 0) is 6.42 Å². The minimum absolute atomic E-state index is 0.0417. The zero-order valence-electron chi connectivity index (χ0n) is 11.0. The molecule has 106 valence electrons. The maximum absolute atomic E-state index is 13.6. The van der Waals surface area contributed by atoms with Crippen molar-refractivity contribution in [3.63, 3.8) is 0 Å². The second-order valence-corrected chi connectivity index (χ2v) is 4.63. The zero-order valence-corrected chi connectivity index (χ0v) is 11.0. The van der Waals surface area contributed by atoms with E-state index in [0.29, 0.717) is 11.1 Å². The van der Waals surface area contributed by atoms with Crippen molar-refractivity contribution >= 4 is 0 Å². The molecule has 0 aliphatic rings. The summed E-state index contributed by atoms with van der Waals surface area (Å²) in [7, 11) is 0. The molecule has 2 rings (SSSR count). The Hall–Kier alpha value is -1.85. The van der Waals surface area contributed by atoms with Crippen molar-refractivity contribution in [1.82, 2.24) is 5.43 Å². The number of hydrogen-bond acceptors (Lipinski definition) is 2. The lowest BCUT2D eigenvalue weighted by Crippen LogP contribution is -2.30. The number of hydrazine groups is 1. The first-order chi connectivity index (χ1) is 9.52. The number of aryl methyl sites for hydroxylation is 1. The molecule has 0 aliphatic carbocycles. The third kappa shape index (κ3) is 3.00. The van der Waals surface area contributed by atoms with Crippen LogP contribution in [0.1, 0.15) is 22.7 Å². The molecule has 0 aliphatic heterocycles. The van der Waals surface area contributed by atoms with E-state index in [2.05, 4.69) is 5.43 Å². The summed E-state index contributed by atoms with van der Waals surface area (Å²) in [6.07, 6.45) is 0.0417. The molecular weight excluding hydrogens is 265 g/mol. The van der Waals surface area contributed by atoms with Gasteiger partial charge in [-0.3, -0.25) is 11.3 Å². The zero-order chi connectivity index (χ0) is 14.7. The molecule has 20 heavy (non-hydrogen) atoms. The van der Waals surface area contributed by atoms with Crippen LogP contribution in [0, 0.1) is 24.4 Å². The topological polar surface area (TPSA) is 38.0 Å². The fraction of sp³-hybridized carbons (Fsp3) is 0.200. The Labute approximate surface area is 115 Å². The first kappa shape index (κ1) is 14.6. The summed E-state index contributed by atoms with van der Waals surface area (Å²) in [4.78, 5) is 0. The van der Waals surface area contributed by atoms with Crippen LogP contribution in [-0.4, -0.2) is 0 Å². The van der Waals surface area contributed by atoms with Crippen molar-refractivity contribution in [3.05, 3.63) is 70.5 Å². The molecule has 0 aromatic heterocycles. The number of nitrogens with two attached hydrogens (primary N) is 1. The van der Waals surface area contributed by atoms with E-state index in [4.69, 9.17) is 5.84 Å². The van der Waals surface area contributed by atoms with Gasteiger partial charge in [0.2, 0.25) is 0 Å². The largest absolute Gasteiger partial charge is 0.271 e. The van der Waals surface area contributed by atoms with E-state index in [1.807, 2.05) is 0 Å². The lowest BCUT2D eigenvalue weighted by molar-refractivity contribution is 0.499. The van der Waals surface area contributed by atoms with E-state index < -0.39 is 17.7 Å². The van der Waals surface area contributed by atoms with Crippen molar-refractivity contribution in [2.45, 2.75) is 19.4 Å². The molecule has 5 heteroatoms. The number of benzene rings is 2. The molecule has 0 heterocycles. The van der Waals surface area contributed by atoms with Crippen molar-refractivity contribution in [1.29, 1.82) is 0 Å². The van der Waals surface area contributed by atoms with Gasteiger partial charge in [-0.25, -0.2) is 13.2 Å². The summed E-state index contributed by atoms with van der Waals surface area (Å²) in [6, 6.07) is 7.67. The van der Waals surface area contributed by atoms with Gasteiger partial charge in [0, 0.05) is 5.56 Å². The Bertz CT molecular complexity index is 594. The average molecular weight is 280 g/mol. The van der Waals surface area contributed by atoms with Crippen LogP contribution in [0.15, 0.2) is 36.4 Å². The molecule has 0 amide bonds. The summed E-state index contributed by atoms with van der Waals surface area (Å²) in [6.45, 7) is 1.62. The summed E-state index contributed by atoms with van der Waals surface area (Å²) in [5.41, 5.74) is 3.60. The quantitative estimate of drug-likeness (QED) is 0.667. The number of hydrogen-bond donors (Lipinski definition) is 2. The van der Waals surface area contributed by atoms with E-state index in [-0.39, 0.29) is 17.8 Å². The first-order valence-corrected chi connectivity index (χ1v) is 6.18. The maximum atomic E-state index is 13.6. The molecule has 0 radical (unpaired) electrons. The highest BCUT2D eigenvalue weighted by Gasteiger charge is 2.17. The van der Waals surface area contributed by atoms with Gasteiger partial charge in [-0.05, 0) is 42.7 Å². The van der Waals surface area contributed by atoms with Crippen molar-refractivity contribution < 1.29 is 13.2 Å². The van der Waals surface area contributed by atoms with Crippen LogP contribution in [0.25, 0.3) is 0 Å². The summed E-state index contributed by atoms with van der Waals surface area (Å²) >= 11 is 0. The van der Waals surface area contributed by atoms with Crippen LogP contribution in [0.3, 0.4) is 0 Å². The number of nitrogens with one attached hydrogen (secondary N) is 1. The monoisotopic (exact) mass is 280 g/mol. The van der Waals surface area contributed by atoms with Gasteiger partial charge in [0.05, 0.1) is 6.04 Å². The highest BCUT2D eigenvalue weighted by atomic mass is 19.1. The molecule has 2 aromatic rings. The average Bonchev–Trinajstić information content (AvgIpc) is 2.42.